The monoisotopic (exact) mass is 412 g/mol. The Kier molecular flexibility index (Phi) is 5.16. The Labute approximate surface area is 174 Å². The molecular weight excluding hydrogens is 386 g/mol. The Bertz CT molecular complexity index is 1000. The quantitative estimate of drug-likeness (QED) is 0.694. The van der Waals surface area contributed by atoms with Gasteiger partial charge in [-0.25, -0.2) is 8.78 Å². The van der Waals surface area contributed by atoms with Crippen LogP contribution in [-0.2, 0) is 11.3 Å². The van der Waals surface area contributed by atoms with Gasteiger partial charge in [0.15, 0.2) is 0 Å². The van der Waals surface area contributed by atoms with Crippen LogP contribution >= 0.6 is 0 Å². The average molecular weight is 412 g/mol. The van der Waals surface area contributed by atoms with Gasteiger partial charge < -0.3 is 14.6 Å². The van der Waals surface area contributed by atoms with Gasteiger partial charge in [0.25, 0.3) is 5.92 Å². The first-order valence-corrected chi connectivity index (χ1v) is 10.6. The highest BCUT2D eigenvalue weighted by Gasteiger charge is 2.34. The number of aromatic amines is 1. The van der Waals surface area contributed by atoms with E-state index in [1.54, 1.807) is 0 Å². The van der Waals surface area contributed by atoms with Gasteiger partial charge in [-0.2, -0.15) is 0 Å². The fourth-order valence-electron chi connectivity index (χ4n) is 4.35. The van der Waals surface area contributed by atoms with Crippen molar-refractivity contribution in [2.45, 2.75) is 25.3 Å². The molecule has 0 spiro atoms. The number of aromatic nitrogens is 2. The van der Waals surface area contributed by atoms with Crippen molar-refractivity contribution in [1.29, 1.82) is 0 Å². The molecule has 1 aromatic carbocycles. The Balaban J connectivity index is 1.36. The van der Waals surface area contributed by atoms with E-state index in [0.717, 1.165) is 60.7 Å². The minimum atomic E-state index is -2.52. The number of ether oxygens (including phenoxy) is 1. The van der Waals surface area contributed by atoms with E-state index in [1.807, 2.05) is 41.4 Å². The summed E-state index contributed by atoms with van der Waals surface area (Å²) in [5, 5.41) is 1.10. The number of hydrogen-bond donors (Lipinski definition) is 1. The number of nitrogens with one attached hydrogen (secondary N) is 1. The summed E-state index contributed by atoms with van der Waals surface area (Å²) >= 11 is 0. The highest BCUT2D eigenvalue weighted by molar-refractivity contribution is 5.93. The van der Waals surface area contributed by atoms with E-state index in [1.165, 1.54) is 5.69 Å². The number of alkyl halides is 2. The Morgan fingerprint density at radius 3 is 2.47 bits per heavy atom. The molecule has 4 heterocycles. The van der Waals surface area contributed by atoms with Crippen molar-refractivity contribution in [3.05, 3.63) is 48.3 Å². The lowest BCUT2D eigenvalue weighted by atomic mass is 10.0. The number of piperidine rings is 1. The van der Waals surface area contributed by atoms with E-state index < -0.39 is 5.92 Å². The fraction of sp³-hybridized carbons (Fsp3) is 0.435. The lowest BCUT2D eigenvalue weighted by Gasteiger charge is -2.33. The van der Waals surface area contributed by atoms with Gasteiger partial charge in [-0.05, 0) is 24.3 Å². The lowest BCUT2D eigenvalue weighted by Crippen LogP contribution is -2.39. The summed E-state index contributed by atoms with van der Waals surface area (Å²) in [4.78, 5) is 12.6. The van der Waals surface area contributed by atoms with Crippen molar-refractivity contribution in [2.75, 3.05) is 44.3 Å². The SMILES string of the molecule is FC1(F)CCN(c2ccc(-c3nccc4[nH]c(CN5CCOCC5)cc34)cc2)CC1. The van der Waals surface area contributed by atoms with Gasteiger partial charge in [-0.15, -0.1) is 0 Å². The number of hydrogen-bond acceptors (Lipinski definition) is 4. The van der Waals surface area contributed by atoms with Gasteiger partial charge in [0.1, 0.15) is 0 Å². The van der Waals surface area contributed by atoms with Crippen molar-refractivity contribution in [3.63, 3.8) is 0 Å². The Morgan fingerprint density at radius 1 is 1.00 bits per heavy atom. The summed E-state index contributed by atoms with van der Waals surface area (Å²) in [6, 6.07) is 12.3. The van der Waals surface area contributed by atoms with Crippen LogP contribution in [0.5, 0.6) is 0 Å². The highest BCUT2D eigenvalue weighted by atomic mass is 19.3. The Hall–Kier alpha value is -2.51. The van der Waals surface area contributed by atoms with Crippen molar-refractivity contribution in [2.24, 2.45) is 0 Å². The van der Waals surface area contributed by atoms with Gasteiger partial charge in [0.05, 0.1) is 18.9 Å². The van der Waals surface area contributed by atoms with E-state index in [9.17, 15) is 8.78 Å². The normalized spacial score (nSPS) is 20.0. The number of fused-ring (bicyclic) bond motifs is 1. The molecule has 2 aliphatic rings. The number of benzene rings is 1. The summed E-state index contributed by atoms with van der Waals surface area (Å²) < 4.78 is 32.3. The molecule has 5 rings (SSSR count). The zero-order valence-electron chi connectivity index (χ0n) is 16.9. The Morgan fingerprint density at radius 2 is 1.73 bits per heavy atom. The molecule has 1 N–H and O–H groups in total. The van der Waals surface area contributed by atoms with Crippen LogP contribution in [0.4, 0.5) is 14.5 Å². The molecule has 0 radical (unpaired) electrons. The third-order valence-corrected chi connectivity index (χ3v) is 6.10. The maximum atomic E-state index is 13.4. The average Bonchev–Trinajstić information content (AvgIpc) is 3.17. The smallest absolute Gasteiger partial charge is 0.251 e. The number of anilines is 1. The van der Waals surface area contributed by atoms with Crippen LogP contribution in [0.3, 0.4) is 0 Å². The van der Waals surface area contributed by atoms with Crippen molar-refractivity contribution in [3.8, 4) is 11.3 Å². The largest absolute Gasteiger partial charge is 0.379 e. The van der Waals surface area contributed by atoms with E-state index in [4.69, 9.17) is 4.74 Å². The van der Waals surface area contributed by atoms with Crippen molar-refractivity contribution < 1.29 is 13.5 Å². The van der Waals surface area contributed by atoms with Gasteiger partial charge in [0, 0.05) is 79.6 Å². The van der Waals surface area contributed by atoms with Crippen molar-refractivity contribution >= 4 is 16.6 Å². The molecule has 2 saturated heterocycles. The van der Waals surface area contributed by atoms with Crippen LogP contribution in [0.15, 0.2) is 42.6 Å². The molecule has 0 saturated carbocycles. The first kappa shape index (κ1) is 19.5. The molecule has 2 aromatic heterocycles. The van der Waals surface area contributed by atoms with E-state index in [2.05, 4.69) is 20.9 Å². The maximum Gasteiger partial charge on any atom is 0.251 e. The summed E-state index contributed by atoms with van der Waals surface area (Å²) in [6.07, 6.45) is 1.67. The molecule has 0 unspecified atom stereocenters. The summed E-state index contributed by atoms with van der Waals surface area (Å²) in [5.41, 5.74) is 5.21. The van der Waals surface area contributed by atoms with Crippen molar-refractivity contribution in [1.82, 2.24) is 14.9 Å². The van der Waals surface area contributed by atoms with Crippen LogP contribution in [-0.4, -0.2) is 60.2 Å². The zero-order chi connectivity index (χ0) is 20.6. The fourth-order valence-corrected chi connectivity index (χ4v) is 4.35. The number of pyridine rings is 1. The number of nitrogens with zero attached hydrogens (tertiary/aromatic N) is 3. The first-order chi connectivity index (χ1) is 14.6. The molecule has 2 aliphatic heterocycles. The third-order valence-electron chi connectivity index (χ3n) is 6.10. The molecule has 0 bridgehead atoms. The molecule has 30 heavy (non-hydrogen) atoms. The molecule has 5 nitrogen and oxygen atoms in total. The molecule has 0 amide bonds. The molecular formula is C23H26F2N4O. The van der Waals surface area contributed by atoms with E-state index in [0.29, 0.717) is 13.1 Å². The molecule has 158 valence electrons. The molecule has 0 atom stereocenters. The van der Waals surface area contributed by atoms with Crippen LogP contribution in [0.2, 0.25) is 0 Å². The number of H-pyrrole nitrogens is 1. The molecule has 7 heteroatoms. The second-order valence-electron chi connectivity index (χ2n) is 8.19. The minimum Gasteiger partial charge on any atom is -0.379 e. The highest BCUT2D eigenvalue weighted by Crippen LogP contribution is 2.32. The third kappa shape index (κ3) is 4.04. The van der Waals surface area contributed by atoms with Crippen LogP contribution in [0.1, 0.15) is 18.5 Å². The number of halogens is 2. The van der Waals surface area contributed by atoms with Gasteiger partial charge in [0.2, 0.25) is 0 Å². The maximum absolute atomic E-state index is 13.4. The predicted molar refractivity (Wildman–Crippen MR) is 114 cm³/mol. The molecule has 2 fully saturated rings. The van der Waals surface area contributed by atoms with Gasteiger partial charge >= 0.3 is 0 Å². The van der Waals surface area contributed by atoms with Crippen LogP contribution in [0.25, 0.3) is 22.2 Å². The van der Waals surface area contributed by atoms with Gasteiger partial charge in [-0.1, -0.05) is 12.1 Å². The predicted octanol–water partition coefficient (Wildman–Crippen LogP) is 4.30. The summed E-state index contributed by atoms with van der Waals surface area (Å²) in [7, 11) is 0. The topological polar surface area (TPSA) is 44.4 Å². The lowest BCUT2D eigenvalue weighted by molar-refractivity contribution is -0.0220. The van der Waals surface area contributed by atoms with Crippen LogP contribution < -0.4 is 4.90 Å². The summed E-state index contributed by atoms with van der Waals surface area (Å²) in [6.45, 7) is 5.12. The summed E-state index contributed by atoms with van der Waals surface area (Å²) in [5.74, 6) is -2.52. The zero-order valence-corrected chi connectivity index (χ0v) is 16.9. The van der Waals surface area contributed by atoms with E-state index >= 15 is 0 Å². The first-order valence-electron chi connectivity index (χ1n) is 10.6. The second-order valence-corrected chi connectivity index (χ2v) is 8.19. The minimum absolute atomic E-state index is 0.0785. The van der Waals surface area contributed by atoms with Crippen LogP contribution in [0, 0.1) is 0 Å². The second kappa shape index (κ2) is 7.96. The van der Waals surface area contributed by atoms with E-state index in [-0.39, 0.29) is 12.8 Å². The standard InChI is InChI=1S/C23H26F2N4O/c24-23(25)6-9-29(10-7-23)19-3-1-17(2-4-19)22-20-15-18(27-21(20)5-8-26-22)16-28-11-13-30-14-12-28/h1-5,8,15,27H,6-7,9-14,16H2. The van der Waals surface area contributed by atoms with Gasteiger partial charge in [-0.3, -0.25) is 9.88 Å². The molecule has 3 aromatic rings. The number of morpholine rings is 1. The molecule has 0 aliphatic carbocycles. The number of rotatable bonds is 4.